The molecule has 0 spiro atoms. The highest BCUT2D eigenvalue weighted by Gasteiger charge is 2.33. The van der Waals surface area contributed by atoms with Crippen molar-refractivity contribution in [3.05, 3.63) is 42.2 Å². The van der Waals surface area contributed by atoms with Crippen LogP contribution in [-0.2, 0) is 11.3 Å². The fraction of sp³-hybridized carbons (Fsp3) is 0.500. The monoisotopic (exact) mass is 256 g/mol. The first kappa shape index (κ1) is 12.4. The van der Waals surface area contributed by atoms with Gasteiger partial charge in [0.25, 0.3) is 0 Å². The predicted molar refractivity (Wildman–Crippen MR) is 74.3 cm³/mol. The summed E-state index contributed by atoms with van der Waals surface area (Å²) >= 11 is 0. The maximum absolute atomic E-state index is 12.5. The zero-order chi connectivity index (χ0) is 13.1. The van der Waals surface area contributed by atoms with Gasteiger partial charge in [-0.1, -0.05) is 12.2 Å². The zero-order valence-corrected chi connectivity index (χ0v) is 11.2. The van der Waals surface area contributed by atoms with Gasteiger partial charge in [0.15, 0.2) is 0 Å². The van der Waals surface area contributed by atoms with Crippen LogP contribution in [0.25, 0.3) is 0 Å². The molecule has 0 aliphatic heterocycles. The molecule has 2 aliphatic rings. The Morgan fingerprint density at radius 2 is 2.05 bits per heavy atom. The number of rotatable bonds is 5. The molecule has 1 aromatic heterocycles. The Labute approximate surface area is 114 Å². The molecule has 3 rings (SSSR count). The number of pyridine rings is 1. The lowest BCUT2D eigenvalue weighted by Crippen LogP contribution is -2.33. The van der Waals surface area contributed by atoms with Gasteiger partial charge in [0.2, 0.25) is 5.91 Å². The highest BCUT2D eigenvalue weighted by Crippen LogP contribution is 2.30. The molecule has 1 aromatic rings. The molecule has 0 N–H and O–H groups in total. The minimum Gasteiger partial charge on any atom is -0.335 e. The molecule has 1 fully saturated rings. The molecule has 0 aromatic carbocycles. The minimum atomic E-state index is 0.316. The van der Waals surface area contributed by atoms with E-state index in [0.29, 0.717) is 24.3 Å². The fourth-order valence-corrected chi connectivity index (χ4v) is 2.70. The summed E-state index contributed by atoms with van der Waals surface area (Å²) < 4.78 is 0. The Hall–Kier alpha value is -1.64. The van der Waals surface area contributed by atoms with Crippen LogP contribution < -0.4 is 0 Å². The molecule has 1 saturated carbocycles. The summed E-state index contributed by atoms with van der Waals surface area (Å²) in [6, 6.07) is 4.47. The second kappa shape index (κ2) is 5.55. The second-order valence-corrected chi connectivity index (χ2v) is 5.58. The van der Waals surface area contributed by atoms with E-state index in [-0.39, 0.29) is 0 Å². The summed E-state index contributed by atoms with van der Waals surface area (Å²) in [5, 5.41) is 0. The van der Waals surface area contributed by atoms with E-state index in [4.69, 9.17) is 0 Å². The van der Waals surface area contributed by atoms with Crippen LogP contribution >= 0.6 is 0 Å². The van der Waals surface area contributed by atoms with Crippen LogP contribution in [0, 0.1) is 5.92 Å². The average molecular weight is 256 g/mol. The summed E-state index contributed by atoms with van der Waals surface area (Å²) in [4.78, 5) is 18.6. The topological polar surface area (TPSA) is 33.2 Å². The van der Waals surface area contributed by atoms with Crippen molar-refractivity contribution in [2.75, 3.05) is 0 Å². The maximum atomic E-state index is 12.5. The highest BCUT2D eigenvalue weighted by atomic mass is 16.2. The van der Waals surface area contributed by atoms with Crippen LogP contribution in [0.2, 0.25) is 0 Å². The third-order valence-corrected chi connectivity index (χ3v) is 3.96. The van der Waals surface area contributed by atoms with Crippen LogP contribution in [0.1, 0.15) is 37.7 Å². The number of aromatic nitrogens is 1. The van der Waals surface area contributed by atoms with E-state index in [2.05, 4.69) is 22.0 Å². The van der Waals surface area contributed by atoms with E-state index in [1.54, 1.807) is 12.4 Å². The van der Waals surface area contributed by atoms with E-state index in [1.165, 1.54) is 5.56 Å². The molecule has 1 unspecified atom stereocenters. The van der Waals surface area contributed by atoms with Gasteiger partial charge in [0, 0.05) is 31.4 Å². The number of hydrogen-bond acceptors (Lipinski definition) is 2. The molecule has 100 valence electrons. The van der Waals surface area contributed by atoms with Crippen molar-refractivity contribution in [1.82, 2.24) is 9.88 Å². The van der Waals surface area contributed by atoms with Crippen LogP contribution in [-0.4, -0.2) is 21.8 Å². The van der Waals surface area contributed by atoms with Crippen molar-refractivity contribution in [1.29, 1.82) is 0 Å². The number of carbonyl (C=O) groups excluding carboxylic acids is 1. The Bertz CT molecular complexity index is 465. The van der Waals surface area contributed by atoms with Crippen LogP contribution in [0.15, 0.2) is 36.7 Å². The smallest absolute Gasteiger partial charge is 0.223 e. The molecule has 2 aliphatic carbocycles. The lowest BCUT2D eigenvalue weighted by molar-refractivity contribution is -0.133. The Morgan fingerprint density at radius 3 is 2.68 bits per heavy atom. The van der Waals surface area contributed by atoms with Gasteiger partial charge in [-0.3, -0.25) is 9.78 Å². The molecular weight excluding hydrogens is 236 g/mol. The molecule has 1 amide bonds. The summed E-state index contributed by atoms with van der Waals surface area (Å²) in [5.74, 6) is 0.780. The Kier molecular flexibility index (Phi) is 3.62. The molecule has 19 heavy (non-hydrogen) atoms. The number of hydrogen-bond donors (Lipinski definition) is 0. The summed E-state index contributed by atoms with van der Waals surface area (Å²) in [6.45, 7) is 0.739. The molecule has 1 atom stereocenters. The summed E-state index contributed by atoms with van der Waals surface area (Å²) in [5.41, 5.74) is 1.18. The standard InChI is InChI=1S/C16H20N2O/c19-16(11-13-3-1-2-4-13)18(15-5-6-15)12-14-7-9-17-10-8-14/h1,3,7-10,13,15H,2,4-6,11-12H2. The van der Waals surface area contributed by atoms with Gasteiger partial charge >= 0.3 is 0 Å². The van der Waals surface area contributed by atoms with E-state index < -0.39 is 0 Å². The first-order valence-electron chi connectivity index (χ1n) is 7.18. The quantitative estimate of drug-likeness (QED) is 0.759. The van der Waals surface area contributed by atoms with Gasteiger partial charge in [-0.2, -0.15) is 0 Å². The normalized spacial score (nSPS) is 21.6. The highest BCUT2D eigenvalue weighted by molar-refractivity contribution is 5.77. The van der Waals surface area contributed by atoms with Gasteiger partial charge in [-0.15, -0.1) is 0 Å². The van der Waals surface area contributed by atoms with Crippen molar-refractivity contribution in [2.24, 2.45) is 5.92 Å². The van der Waals surface area contributed by atoms with Crippen LogP contribution in [0.4, 0.5) is 0 Å². The SMILES string of the molecule is O=C(CC1C=CCC1)N(Cc1ccncc1)C1CC1. The van der Waals surface area contributed by atoms with Crippen LogP contribution in [0.5, 0.6) is 0 Å². The molecule has 3 heteroatoms. The van der Waals surface area contributed by atoms with Gasteiger partial charge in [-0.05, 0) is 49.3 Å². The number of nitrogens with zero attached hydrogens (tertiary/aromatic N) is 2. The molecule has 1 heterocycles. The largest absolute Gasteiger partial charge is 0.335 e. The van der Waals surface area contributed by atoms with Gasteiger partial charge in [0.1, 0.15) is 0 Å². The average Bonchev–Trinajstić information content (AvgIpc) is 3.15. The fourth-order valence-electron chi connectivity index (χ4n) is 2.70. The third-order valence-electron chi connectivity index (χ3n) is 3.96. The number of amides is 1. The van der Waals surface area contributed by atoms with Crippen molar-refractivity contribution in [3.8, 4) is 0 Å². The molecule has 0 bridgehead atoms. The number of carbonyl (C=O) groups is 1. The number of allylic oxidation sites excluding steroid dienone is 2. The molecule has 3 nitrogen and oxygen atoms in total. The van der Waals surface area contributed by atoms with Gasteiger partial charge in [0.05, 0.1) is 0 Å². The first-order valence-corrected chi connectivity index (χ1v) is 7.18. The van der Waals surface area contributed by atoms with Crippen molar-refractivity contribution >= 4 is 5.91 Å². The second-order valence-electron chi connectivity index (χ2n) is 5.58. The van der Waals surface area contributed by atoms with Gasteiger partial charge in [-0.25, -0.2) is 0 Å². The van der Waals surface area contributed by atoms with Crippen molar-refractivity contribution in [3.63, 3.8) is 0 Å². The predicted octanol–water partition coefficient (Wildman–Crippen LogP) is 2.93. The minimum absolute atomic E-state index is 0.316. The third kappa shape index (κ3) is 3.22. The Morgan fingerprint density at radius 1 is 1.26 bits per heavy atom. The molecule has 0 radical (unpaired) electrons. The van der Waals surface area contributed by atoms with E-state index in [0.717, 1.165) is 32.2 Å². The van der Waals surface area contributed by atoms with E-state index in [9.17, 15) is 4.79 Å². The van der Waals surface area contributed by atoms with Crippen molar-refractivity contribution in [2.45, 2.75) is 44.7 Å². The van der Waals surface area contributed by atoms with Gasteiger partial charge < -0.3 is 4.90 Å². The van der Waals surface area contributed by atoms with Crippen molar-refractivity contribution < 1.29 is 4.79 Å². The molecule has 0 saturated heterocycles. The van der Waals surface area contributed by atoms with E-state index >= 15 is 0 Å². The van der Waals surface area contributed by atoms with E-state index in [1.807, 2.05) is 12.1 Å². The lowest BCUT2D eigenvalue weighted by Gasteiger charge is -2.23. The molecular formula is C16H20N2O. The first-order chi connectivity index (χ1) is 9.33. The zero-order valence-electron chi connectivity index (χ0n) is 11.2. The lowest BCUT2D eigenvalue weighted by atomic mass is 10.0. The van der Waals surface area contributed by atoms with Crippen LogP contribution in [0.3, 0.4) is 0 Å². The summed E-state index contributed by atoms with van der Waals surface area (Å²) in [7, 11) is 0. The maximum Gasteiger partial charge on any atom is 0.223 e. The summed E-state index contributed by atoms with van der Waals surface area (Å²) in [6.07, 6.45) is 13.3. The Balaban J connectivity index is 1.63.